The van der Waals surface area contributed by atoms with Crippen molar-refractivity contribution in [3.63, 3.8) is 0 Å². The number of aliphatic carboxylic acids is 1. The van der Waals surface area contributed by atoms with Crippen LogP contribution in [0.15, 0.2) is 0 Å². The molecule has 0 aromatic heterocycles. The second-order valence-electron chi connectivity index (χ2n) is 10.4. The molecule has 0 aromatic carbocycles. The number of carboxylic acids is 1. The van der Waals surface area contributed by atoms with Crippen LogP contribution in [0.25, 0.3) is 0 Å². The number of primary amides is 1. The molecule has 208 valence electrons. The SMILES string of the molecule is CC(C)(C)C(=O)[C@H](CCCNC(N)=O)CC(=O)[C@H](CC(=O)O)NC(=O)CCCCCN1C(=O)CCC1=O. The fourth-order valence-electron chi connectivity index (χ4n) is 4.17. The van der Waals surface area contributed by atoms with E-state index in [0.717, 1.165) is 0 Å². The van der Waals surface area contributed by atoms with Crippen LogP contribution >= 0.6 is 0 Å². The monoisotopic (exact) mass is 524 g/mol. The number of ketones is 2. The maximum Gasteiger partial charge on any atom is 0.312 e. The number of nitrogens with zero attached hydrogens (tertiary/aromatic N) is 1. The molecule has 0 saturated carbocycles. The smallest absolute Gasteiger partial charge is 0.312 e. The minimum Gasteiger partial charge on any atom is -0.481 e. The third-order valence-electron chi connectivity index (χ3n) is 6.13. The quantitative estimate of drug-likeness (QED) is 0.161. The number of likely N-dealkylation sites (tertiary alicyclic amines) is 1. The molecule has 0 radical (unpaired) electrons. The van der Waals surface area contributed by atoms with Gasteiger partial charge in [-0.25, -0.2) is 4.79 Å². The number of rotatable bonds is 17. The highest BCUT2D eigenvalue weighted by Crippen LogP contribution is 2.26. The number of urea groups is 1. The number of nitrogens with two attached hydrogens (primary N) is 1. The number of carboxylic acid groups (broad SMARTS) is 1. The second-order valence-corrected chi connectivity index (χ2v) is 10.4. The molecule has 0 aromatic rings. The average Bonchev–Trinajstić information content (AvgIpc) is 3.10. The minimum absolute atomic E-state index is 0.0500. The van der Waals surface area contributed by atoms with Gasteiger partial charge in [-0.05, 0) is 25.7 Å². The van der Waals surface area contributed by atoms with Gasteiger partial charge in [0, 0.05) is 50.1 Å². The highest BCUT2D eigenvalue weighted by Gasteiger charge is 2.33. The lowest BCUT2D eigenvalue weighted by atomic mass is 9.78. The number of hydrogen-bond acceptors (Lipinski definition) is 7. The van der Waals surface area contributed by atoms with E-state index >= 15 is 0 Å². The first-order chi connectivity index (χ1) is 17.2. The zero-order chi connectivity index (χ0) is 28.2. The Morgan fingerprint density at radius 1 is 0.973 bits per heavy atom. The summed E-state index contributed by atoms with van der Waals surface area (Å²) in [6.45, 7) is 5.70. The largest absolute Gasteiger partial charge is 0.481 e. The maximum absolute atomic E-state index is 13.0. The van der Waals surface area contributed by atoms with Crippen LogP contribution in [-0.2, 0) is 28.8 Å². The van der Waals surface area contributed by atoms with E-state index in [9.17, 15) is 38.7 Å². The molecular formula is C25H40N4O8. The van der Waals surface area contributed by atoms with Crippen LogP contribution < -0.4 is 16.4 Å². The molecular weight excluding hydrogens is 484 g/mol. The molecule has 1 aliphatic rings. The van der Waals surface area contributed by atoms with Crippen LogP contribution in [0.2, 0.25) is 0 Å². The average molecular weight is 525 g/mol. The Hall–Kier alpha value is -3.31. The number of amides is 5. The number of hydrogen-bond donors (Lipinski definition) is 4. The Labute approximate surface area is 217 Å². The third-order valence-corrected chi connectivity index (χ3v) is 6.13. The zero-order valence-corrected chi connectivity index (χ0v) is 22.0. The lowest BCUT2D eigenvalue weighted by Gasteiger charge is -2.26. The topological polar surface area (TPSA) is 193 Å². The predicted octanol–water partition coefficient (Wildman–Crippen LogP) is 1.29. The van der Waals surface area contributed by atoms with Crippen LogP contribution in [0.5, 0.6) is 0 Å². The molecule has 1 aliphatic heterocycles. The van der Waals surface area contributed by atoms with E-state index in [2.05, 4.69) is 10.6 Å². The minimum atomic E-state index is -1.27. The van der Waals surface area contributed by atoms with Crippen molar-refractivity contribution in [3.05, 3.63) is 0 Å². The van der Waals surface area contributed by atoms with E-state index in [4.69, 9.17) is 5.73 Å². The van der Waals surface area contributed by atoms with Crippen molar-refractivity contribution in [1.82, 2.24) is 15.5 Å². The summed E-state index contributed by atoms with van der Waals surface area (Å²) in [6.07, 6.45) is 1.91. The molecule has 1 heterocycles. The van der Waals surface area contributed by atoms with E-state index in [1.807, 2.05) is 0 Å². The molecule has 5 amide bonds. The summed E-state index contributed by atoms with van der Waals surface area (Å²) in [6, 6.07) is -1.97. The maximum atomic E-state index is 13.0. The number of Topliss-reactive ketones (excluding diaryl/α,β-unsaturated/α-hetero) is 2. The molecule has 12 heteroatoms. The summed E-state index contributed by atoms with van der Waals surface area (Å²) in [5.41, 5.74) is 4.31. The summed E-state index contributed by atoms with van der Waals surface area (Å²) < 4.78 is 0. The standard InChI is InChI=1S/C25H40N4O8/c1-25(2,3)23(36)16(8-7-12-27-24(26)37)14-18(30)17(15-22(34)35)28-19(31)9-5-4-6-13-29-20(32)10-11-21(29)33/h16-17H,4-15H2,1-3H3,(H,28,31)(H,34,35)(H3,26,27,37)/t16-,17+/m1/s1. The lowest BCUT2D eigenvalue weighted by Crippen LogP contribution is -2.44. The predicted molar refractivity (Wildman–Crippen MR) is 133 cm³/mol. The van der Waals surface area contributed by atoms with Gasteiger partial charge >= 0.3 is 12.0 Å². The zero-order valence-electron chi connectivity index (χ0n) is 22.0. The Kier molecular flexibility index (Phi) is 12.9. The normalized spacial score (nSPS) is 15.3. The summed E-state index contributed by atoms with van der Waals surface area (Å²) in [7, 11) is 0. The van der Waals surface area contributed by atoms with E-state index < -0.39 is 47.5 Å². The van der Waals surface area contributed by atoms with E-state index in [1.54, 1.807) is 20.8 Å². The summed E-state index contributed by atoms with van der Waals surface area (Å²) in [4.78, 5) is 85.0. The molecule has 5 N–H and O–H groups in total. The Bertz CT molecular complexity index is 864. The molecule has 1 saturated heterocycles. The van der Waals surface area contributed by atoms with Gasteiger partial charge < -0.3 is 21.5 Å². The van der Waals surface area contributed by atoms with Crippen LogP contribution in [-0.4, -0.2) is 70.4 Å². The van der Waals surface area contributed by atoms with Crippen molar-refractivity contribution in [2.75, 3.05) is 13.1 Å². The number of imide groups is 1. The lowest BCUT2D eigenvalue weighted by molar-refractivity contribution is -0.141. The molecule has 37 heavy (non-hydrogen) atoms. The van der Waals surface area contributed by atoms with Gasteiger partial charge in [0.25, 0.3) is 0 Å². The molecule has 0 bridgehead atoms. The van der Waals surface area contributed by atoms with Crippen molar-refractivity contribution in [3.8, 4) is 0 Å². The van der Waals surface area contributed by atoms with Gasteiger partial charge in [-0.3, -0.25) is 33.7 Å². The number of nitrogens with one attached hydrogen (secondary N) is 2. The first-order valence-corrected chi connectivity index (χ1v) is 12.7. The number of carbonyl (C=O) groups excluding carboxylic acids is 6. The van der Waals surface area contributed by atoms with Gasteiger partial charge in [0.15, 0.2) is 5.78 Å². The molecule has 0 unspecified atom stereocenters. The van der Waals surface area contributed by atoms with E-state index in [0.29, 0.717) is 32.2 Å². The molecule has 0 spiro atoms. The fourth-order valence-corrected chi connectivity index (χ4v) is 4.17. The van der Waals surface area contributed by atoms with Crippen molar-refractivity contribution in [1.29, 1.82) is 0 Å². The van der Waals surface area contributed by atoms with Crippen LogP contribution in [0.4, 0.5) is 4.79 Å². The van der Waals surface area contributed by atoms with Gasteiger partial charge in [0.2, 0.25) is 17.7 Å². The van der Waals surface area contributed by atoms with Crippen LogP contribution in [0, 0.1) is 11.3 Å². The molecule has 1 fully saturated rings. The Morgan fingerprint density at radius 2 is 1.59 bits per heavy atom. The van der Waals surface area contributed by atoms with E-state index in [-0.39, 0.29) is 56.2 Å². The molecule has 2 atom stereocenters. The molecule has 12 nitrogen and oxygen atoms in total. The van der Waals surface area contributed by atoms with Crippen molar-refractivity contribution >= 4 is 41.3 Å². The highest BCUT2D eigenvalue weighted by molar-refractivity contribution is 6.01. The number of unbranched alkanes of at least 4 members (excludes halogenated alkanes) is 2. The van der Waals surface area contributed by atoms with Gasteiger partial charge in [-0.2, -0.15) is 0 Å². The summed E-state index contributed by atoms with van der Waals surface area (Å²) >= 11 is 0. The van der Waals surface area contributed by atoms with Crippen molar-refractivity contribution < 1.29 is 38.7 Å². The fraction of sp³-hybridized carbons (Fsp3) is 0.720. The Morgan fingerprint density at radius 3 is 2.14 bits per heavy atom. The van der Waals surface area contributed by atoms with Gasteiger partial charge in [-0.15, -0.1) is 0 Å². The van der Waals surface area contributed by atoms with Gasteiger partial charge in [0.1, 0.15) is 5.78 Å². The van der Waals surface area contributed by atoms with Crippen LogP contribution in [0.1, 0.15) is 85.0 Å². The van der Waals surface area contributed by atoms with Gasteiger partial charge in [-0.1, -0.05) is 27.2 Å². The second kappa shape index (κ2) is 15.1. The van der Waals surface area contributed by atoms with Crippen molar-refractivity contribution in [2.24, 2.45) is 17.1 Å². The Balaban J connectivity index is 2.65. The first-order valence-electron chi connectivity index (χ1n) is 12.7. The first kappa shape index (κ1) is 31.7. The summed E-state index contributed by atoms with van der Waals surface area (Å²) in [5, 5.41) is 14.2. The van der Waals surface area contributed by atoms with Crippen LogP contribution in [0.3, 0.4) is 0 Å². The van der Waals surface area contributed by atoms with Gasteiger partial charge in [0.05, 0.1) is 12.5 Å². The van der Waals surface area contributed by atoms with Crippen molar-refractivity contribution in [2.45, 2.75) is 91.0 Å². The summed E-state index contributed by atoms with van der Waals surface area (Å²) in [5.74, 6) is -3.55. The van der Waals surface area contributed by atoms with E-state index in [1.165, 1.54) is 4.90 Å². The highest BCUT2D eigenvalue weighted by atomic mass is 16.4. The molecule has 1 rings (SSSR count). The third kappa shape index (κ3) is 12.0. The molecule has 0 aliphatic carbocycles. The number of carbonyl (C=O) groups is 7.